The monoisotopic (exact) mass is 262 g/mol. The standard InChI is InChI=1S/C15H22N2O2/c1-15(10-19-11-15)9-16-13-6-4-12(5-7-13)8-14(18)17(2)3/h4-7,16H,8-11H2,1-3H3. The maximum Gasteiger partial charge on any atom is 0.226 e. The van der Waals surface area contributed by atoms with Gasteiger partial charge in [-0.05, 0) is 17.7 Å². The van der Waals surface area contributed by atoms with Crippen molar-refractivity contribution in [1.82, 2.24) is 4.90 Å². The van der Waals surface area contributed by atoms with Gasteiger partial charge in [0.2, 0.25) is 5.91 Å². The second kappa shape index (κ2) is 5.61. The van der Waals surface area contributed by atoms with Crippen LogP contribution in [0.2, 0.25) is 0 Å². The molecule has 104 valence electrons. The molecule has 19 heavy (non-hydrogen) atoms. The topological polar surface area (TPSA) is 41.6 Å². The van der Waals surface area contributed by atoms with E-state index in [2.05, 4.69) is 12.2 Å². The van der Waals surface area contributed by atoms with Gasteiger partial charge in [-0.2, -0.15) is 0 Å². The highest BCUT2D eigenvalue weighted by Gasteiger charge is 2.32. The van der Waals surface area contributed by atoms with Crippen molar-refractivity contribution in [1.29, 1.82) is 0 Å². The number of nitrogens with zero attached hydrogens (tertiary/aromatic N) is 1. The van der Waals surface area contributed by atoms with E-state index in [1.165, 1.54) is 0 Å². The summed E-state index contributed by atoms with van der Waals surface area (Å²) in [6.45, 7) is 4.79. The Balaban J connectivity index is 1.85. The first kappa shape index (κ1) is 13.9. The van der Waals surface area contributed by atoms with Crippen molar-refractivity contribution >= 4 is 11.6 Å². The second-order valence-electron chi connectivity index (χ2n) is 5.82. The lowest BCUT2D eigenvalue weighted by Gasteiger charge is -2.38. The zero-order chi connectivity index (χ0) is 13.9. The highest BCUT2D eigenvalue weighted by atomic mass is 16.5. The van der Waals surface area contributed by atoms with Gasteiger partial charge in [-0.25, -0.2) is 0 Å². The van der Waals surface area contributed by atoms with Crippen LogP contribution in [0.4, 0.5) is 5.69 Å². The third-order valence-corrected chi connectivity index (χ3v) is 3.43. The van der Waals surface area contributed by atoms with Crippen molar-refractivity contribution in [2.75, 3.05) is 39.2 Å². The fraction of sp³-hybridized carbons (Fsp3) is 0.533. The van der Waals surface area contributed by atoms with E-state index in [1.807, 2.05) is 24.3 Å². The van der Waals surface area contributed by atoms with E-state index in [-0.39, 0.29) is 11.3 Å². The van der Waals surface area contributed by atoms with Gasteiger partial charge >= 0.3 is 0 Å². The molecule has 1 saturated heterocycles. The van der Waals surface area contributed by atoms with E-state index in [1.54, 1.807) is 19.0 Å². The number of carbonyl (C=O) groups is 1. The largest absolute Gasteiger partial charge is 0.384 e. The van der Waals surface area contributed by atoms with E-state index in [4.69, 9.17) is 4.74 Å². The summed E-state index contributed by atoms with van der Waals surface area (Å²) in [5, 5.41) is 3.42. The van der Waals surface area contributed by atoms with Crippen molar-refractivity contribution in [2.24, 2.45) is 5.41 Å². The summed E-state index contributed by atoms with van der Waals surface area (Å²) in [5.74, 6) is 0.125. The smallest absolute Gasteiger partial charge is 0.226 e. The molecule has 1 aliphatic rings. The summed E-state index contributed by atoms with van der Waals surface area (Å²) in [6, 6.07) is 8.06. The van der Waals surface area contributed by atoms with Crippen molar-refractivity contribution in [2.45, 2.75) is 13.3 Å². The molecule has 0 bridgehead atoms. The normalized spacial score (nSPS) is 16.6. The Morgan fingerprint density at radius 1 is 1.32 bits per heavy atom. The second-order valence-corrected chi connectivity index (χ2v) is 5.82. The molecule has 1 fully saturated rings. The van der Waals surface area contributed by atoms with Crippen molar-refractivity contribution < 1.29 is 9.53 Å². The van der Waals surface area contributed by atoms with Crippen LogP contribution in [0.3, 0.4) is 0 Å². The molecule has 4 nitrogen and oxygen atoms in total. The Morgan fingerprint density at radius 3 is 2.42 bits per heavy atom. The van der Waals surface area contributed by atoms with Crippen molar-refractivity contribution in [3.8, 4) is 0 Å². The van der Waals surface area contributed by atoms with Crippen LogP contribution < -0.4 is 5.32 Å². The van der Waals surface area contributed by atoms with Crippen LogP contribution in [0.25, 0.3) is 0 Å². The first-order valence-electron chi connectivity index (χ1n) is 6.59. The van der Waals surface area contributed by atoms with Gasteiger partial charge in [-0.15, -0.1) is 0 Å². The highest BCUT2D eigenvalue weighted by molar-refractivity contribution is 5.78. The van der Waals surface area contributed by atoms with Gasteiger partial charge in [0.25, 0.3) is 0 Å². The first-order chi connectivity index (χ1) is 8.98. The summed E-state index contributed by atoms with van der Waals surface area (Å²) in [5.41, 5.74) is 2.40. The van der Waals surface area contributed by atoms with Gasteiger partial charge in [0, 0.05) is 31.7 Å². The third-order valence-electron chi connectivity index (χ3n) is 3.43. The fourth-order valence-corrected chi connectivity index (χ4v) is 1.94. The number of likely N-dealkylation sites (N-methyl/N-ethyl adjacent to an activating group) is 1. The predicted octanol–water partition coefficient (Wildman–Crippen LogP) is 1.77. The van der Waals surface area contributed by atoms with E-state index in [9.17, 15) is 4.79 Å². The molecule has 4 heteroatoms. The van der Waals surface area contributed by atoms with Crippen LogP contribution >= 0.6 is 0 Å². The minimum Gasteiger partial charge on any atom is -0.384 e. The lowest BCUT2D eigenvalue weighted by Crippen LogP contribution is -2.45. The van der Waals surface area contributed by atoms with Crippen molar-refractivity contribution in [3.05, 3.63) is 29.8 Å². The summed E-state index contributed by atoms with van der Waals surface area (Å²) in [6.07, 6.45) is 0.457. The molecular weight excluding hydrogens is 240 g/mol. The summed E-state index contributed by atoms with van der Waals surface area (Å²) in [4.78, 5) is 13.2. The number of hydrogen-bond donors (Lipinski definition) is 1. The number of carbonyl (C=O) groups excluding carboxylic acids is 1. The summed E-state index contributed by atoms with van der Waals surface area (Å²) < 4.78 is 5.23. The lowest BCUT2D eigenvalue weighted by molar-refractivity contribution is -0.127. The average Bonchev–Trinajstić information content (AvgIpc) is 2.35. The highest BCUT2D eigenvalue weighted by Crippen LogP contribution is 2.26. The van der Waals surface area contributed by atoms with Crippen LogP contribution in [0.15, 0.2) is 24.3 Å². The molecule has 0 aliphatic carbocycles. The summed E-state index contributed by atoms with van der Waals surface area (Å²) in [7, 11) is 3.55. The Morgan fingerprint density at radius 2 is 1.95 bits per heavy atom. The molecule has 0 spiro atoms. The van der Waals surface area contributed by atoms with Gasteiger partial charge in [0.15, 0.2) is 0 Å². The molecule has 0 aromatic heterocycles. The maximum atomic E-state index is 11.6. The molecule has 1 heterocycles. The molecule has 0 saturated carbocycles. The predicted molar refractivity (Wildman–Crippen MR) is 76.3 cm³/mol. The molecule has 1 amide bonds. The first-order valence-corrected chi connectivity index (χ1v) is 6.59. The van der Waals surface area contributed by atoms with E-state index < -0.39 is 0 Å². The van der Waals surface area contributed by atoms with Crippen LogP contribution in [0.5, 0.6) is 0 Å². The maximum absolute atomic E-state index is 11.6. The number of nitrogens with one attached hydrogen (secondary N) is 1. The summed E-state index contributed by atoms with van der Waals surface area (Å²) >= 11 is 0. The van der Waals surface area contributed by atoms with Gasteiger partial charge in [0.05, 0.1) is 19.6 Å². The molecule has 0 atom stereocenters. The minimum atomic E-state index is 0.125. The zero-order valence-electron chi connectivity index (χ0n) is 11.9. The number of hydrogen-bond acceptors (Lipinski definition) is 3. The quantitative estimate of drug-likeness (QED) is 0.879. The van der Waals surface area contributed by atoms with Gasteiger partial charge < -0.3 is 15.0 Å². The molecule has 1 aliphatic heterocycles. The molecule has 0 unspecified atom stereocenters. The van der Waals surface area contributed by atoms with E-state index in [0.717, 1.165) is 31.0 Å². The number of rotatable bonds is 5. The Bertz CT molecular complexity index is 436. The molecule has 2 rings (SSSR count). The van der Waals surface area contributed by atoms with Crippen molar-refractivity contribution in [3.63, 3.8) is 0 Å². The van der Waals surface area contributed by atoms with Gasteiger partial charge in [-0.3, -0.25) is 4.79 Å². The third kappa shape index (κ3) is 3.70. The number of amides is 1. The number of ether oxygens (including phenoxy) is 1. The van der Waals surface area contributed by atoms with Crippen LogP contribution in [-0.2, 0) is 16.0 Å². The zero-order valence-corrected chi connectivity index (χ0v) is 11.9. The Hall–Kier alpha value is -1.55. The lowest BCUT2D eigenvalue weighted by atomic mass is 9.88. The van der Waals surface area contributed by atoms with Crippen LogP contribution in [0.1, 0.15) is 12.5 Å². The molecular formula is C15H22N2O2. The van der Waals surface area contributed by atoms with Crippen LogP contribution in [-0.4, -0.2) is 44.7 Å². The molecule has 1 aromatic rings. The minimum absolute atomic E-state index is 0.125. The van der Waals surface area contributed by atoms with E-state index in [0.29, 0.717) is 6.42 Å². The Kier molecular flexibility index (Phi) is 4.10. The Labute approximate surface area is 114 Å². The van der Waals surface area contributed by atoms with Crippen LogP contribution in [0, 0.1) is 5.41 Å². The molecule has 0 radical (unpaired) electrons. The van der Waals surface area contributed by atoms with Gasteiger partial charge in [-0.1, -0.05) is 19.1 Å². The average molecular weight is 262 g/mol. The number of benzene rings is 1. The SMILES string of the molecule is CN(C)C(=O)Cc1ccc(NCC2(C)COC2)cc1. The molecule has 1 aromatic carbocycles. The fourth-order valence-electron chi connectivity index (χ4n) is 1.94. The van der Waals surface area contributed by atoms with E-state index >= 15 is 0 Å². The molecule has 1 N–H and O–H groups in total. The van der Waals surface area contributed by atoms with Gasteiger partial charge in [0.1, 0.15) is 0 Å². The number of anilines is 1.